The first-order valence-electron chi connectivity index (χ1n) is 5.91. The van der Waals surface area contributed by atoms with E-state index in [1.165, 1.54) is 12.1 Å². The number of hydrogen-bond acceptors (Lipinski definition) is 4. The minimum absolute atomic E-state index is 0.135. The SMILES string of the molecule is Cc1cc(F)cc(-c2noc(C3CC(O)C3)n2)c1. The number of halogens is 1. The molecule has 1 saturated carbocycles. The number of benzene rings is 1. The van der Waals surface area contributed by atoms with Gasteiger partial charge >= 0.3 is 0 Å². The molecule has 1 aliphatic carbocycles. The summed E-state index contributed by atoms with van der Waals surface area (Å²) in [6.07, 6.45) is 1.05. The molecule has 0 saturated heterocycles. The molecule has 1 aromatic carbocycles. The van der Waals surface area contributed by atoms with Gasteiger partial charge in [0.1, 0.15) is 5.82 Å². The average Bonchev–Trinajstić information content (AvgIpc) is 2.72. The van der Waals surface area contributed by atoms with Crippen molar-refractivity contribution in [2.24, 2.45) is 0 Å². The highest BCUT2D eigenvalue weighted by atomic mass is 19.1. The number of rotatable bonds is 2. The van der Waals surface area contributed by atoms with Crippen LogP contribution in [0.3, 0.4) is 0 Å². The van der Waals surface area contributed by atoms with E-state index in [1.807, 2.05) is 13.0 Å². The van der Waals surface area contributed by atoms with Gasteiger partial charge in [-0.2, -0.15) is 4.98 Å². The van der Waals surface area contributed by atoms with Crippen LogP contribution in [0.25, 0.3) is 11.4 Å². The highest BCUT2D eigenvalue weighted by Gasteiger charge is 2.33. The molecule has 0 amide bonds. The van der Waals surface area contributed by atoms with Gasteiger partial charge in [-0.3, -0.25) is 0 Å². The van der Waals surface area contributed by atoms with E-state index in [4.69, 9.17) is 4.52 Å². The van der Waals surface area contributed by atoms with Crippen LogP contribution in [0.5, 0.6) is 0 Å². The molecule has 1 aromatic heterocycles. The molecule has 0 spiro atoms. The summed E-state index contributed by atoms with van der Waals surface area (Å²) in [5.74, 6) is 0.748. The second-order valence-corrected chi connectivity index (χ2v) is 4.80. The third-order valence-corrected chi connectivity index (χ3v) is 3.20. The van der Waals surface area contributed by atoms with Gasteiger partial charge in [0.2, 0.25) is 11.7 Å². The smallest absolute Gasteiger partial charge is 0.230 e. The van der Waals surface area contributed by atoms with Gasteiger partial charge in [0, 0.05) is 11.5 Å². The second-order valence-electron chi connectivity index (χ2n) is 4.80. The Morgan fingerprint density at radius 1 is 1.33 bits per heavy atom. The molecule has 5 heteroatoms. The average molecular weight is 248 g/mol. The first-order valence-corrected chi connectivity index (χ1v) is 5.91. The number of nitrogens with zero attached hydrogens (tertiary/aromatic N) is 2. The van der Waals surface area contributed by atoms with Gasteiger partial charge in [-0.15, -0.1) is 0 Å². The van der Waals surface area contributed by atoms with Crippen LogP contribution in [-0.2, 0) is 0 Å². The Labute approximate surface area is 103 Å². The van der Waals surface area contributed by atoms with E-state index in [-0.39, 0.29) is 17.8 Å². The third-order valence-electron chi connectivity index (χ3n) is 3.20. The van der Waals surface area contributed by atoms with Crippen LogP contribution < -0.4 is 0 Å². The summed E-state index contributed by atoms with van der Waals surface area (Å²) < 4.78 is 18.4. The van der Waals surface area contributed by atoms with Crippen LogP contribution in [-0.4, -0.2) is 21.4 Å². The molecule has 0 radical (unpaired) electrons. The zero-order chi connectivity index (χ0) is 12.7. The largest absolute Gasteiger partial charge is 0.393 e. The van der Waals surface area contributed by atoms with E-state index in [9.17, 15) is 9.50 Å². The van der Waals surface area contributed by atoms with Gasteiger partial charge in [0.15, 0.2) is 0 Å². The van der Waals surface area contributed by atoms with Crippen molar-refractivity contribution in [3.05, 3.63) is 35.5 Å². The standard InChI is InChI=1S/C13H13FN2O2/c1-7-2-8(4-10(14)3-7)12-15-13(18-16-12)9-5-11(17)6-9/h2-4,9,11,17H,5-6H2,1H3. The molecule has 94 valence electrons. The Balaban J connectivity index is 1.88. The Bertz CT molecular complexity index is 556. The molecule has 0 unspecified atom stereocenters. The lowest BCUT2D eigenvalue weighted by Crippen LogP contribution is -2.26. The highest BCUT2D eigenvalue weighted by molar-refractivity contribution is 5.55. The third kappa shape index (κ3) is 2.01. The zero-order valence-corrected chi connectivity index (χ0v) is 9.93. The van der Waals surface area contributed by atoms with E-state index in [1.54, 1.807) is 0 Å². The van der Waals surface area contributed by atoms with Crippen LogP contribution in [0.1, 0.15) is 30.2 Å². The van der Waals surface area contributed by atoms with Crippen molar-refractivity contribution in [2.45, 2.75) is 31.8 Å². The Kier molecular flexibility index (Phi) is 2.63. The van der Waals surface area contributed by atoms with Gasteiger partial charge in [-0.1, -0.05) is 5.16 Å². The number of hydrogen-bond donors (Lipinski definition) is 1. The van der Waals surface area contributed by atoms with Gasteiger partial charge in [-0.25, -0.2) is 4.39 Å². The molecule has 3 rings (SSSR count). The van der Waals surface area contributed by atoms with Crippen molar-refractivity contribution in [1.82, 2.24) is 10.1 Å². The lowest BCUT2D eigenvalue weighted by atomic mass is 9.82. The molecular weight excluding hydrogens is 235 g/mol. The van der Waals surface area contributed by atoms with Crippen molar-refractivity contribution in [3.63, 3.8) is 0 Å². The minimum Gasteiger partial charge on any atom is -0.393 e. The summed E-state index contributed by atoms with van der Waals surface area (Å²) in [6.45, 7) is 1.82. The first kappa shape index (κ1) is 11.3. The number of aromatic nitrogens is 2. The summed E-state index contributed by atoms with van der Waals surface area (Å²) in [5.41, 5.74) is 1.43. The summed E-state index contributed by atoms with van der Waals surface area (Å²) in [5, 5.41) is 13.1. The van der Waals surface area contributed by atoms with E-state index in [0.29, 0.717) is 30.1 Å². The maximum Gasteiger partial charge on any atom is 0.230 e. The number of aliphatic hydroxyl groups excluding tert-OH is 1. The fourth-order valence-corrected chi connectivity index (χ4v) is 2.17. The maximum atomic E-state index is 13.3. The van der Waals surface area contributed by atoms with Crippen LogP contribution >= 0.6 is 0 Å². The normalized spacial score (nSPS) is 22.8. The lowest BCUT2D eigenvalue weighted by molar-refractivity contribution is 0.0625. The van der Waals surface area contributed by atoms with Gasteiger partial charge in [0.25, 0.3) is 0 Å². The molecular formula is C13H13FN2O2. The predicted octanol–water partition coefficient (Wildman–Crippen LogP) is 2.42. The molecule has 1 aliphatic rings. The topological polar surface area (TPSA) is 59.2 Å². The number of aryl methyl sites for hydroxylation is 1. The predicted molar refractivity (Wildman–Crippen MR) is 62.4 cm³/mol. The van der Waals surface area contributed by atoms with Crippen molar-refractivity contribution >= 4 is 0 Å². The molecule has 18 heavy (non-hydrogen) atoms. The van der Waals surface area contributed by atoms with Crippen LogP contribution in [0.4, 0.5) is 4.39 Å². The fourth-order valence-electron chi connectivity index (χ4n) is 2.17. The van der Waals surface area contributed by atoms with Crippen LogP contribution in [0.15, 0.2) is 22.7 Å². The molecule has 2 aromatic rings. The van der Waals surface area contributed by atoms with Gasteiger partial charge in [-0.05, 0) is 43.5 Å². The monoisotopic (exact) mass is 248 g/mol. The van der Waals surface area contributed by atoms with Crippen molar-refractivity contribution in [1.29, 1.82) is 0 Å². The quantitative estimate of drug-likeness (QED) is 0.886. The van der Waals surface area contributed by atoms with Crippen molar-refractivity contribution < 1.29 is 14.0 Å². The van der Waals surface area contributed by atoms with Gasteiger partial charge in [0.05, 0.1) is 6.10 Å². The number of aliphatic hydroxyl groups is 1. The summed E-state index contributed by atoms with van der Waals surface area (Å²) in [7, 11) is 0. The minimum atomic E-state index is -0.310. The van der Waals surface area contributed by atoms with Gasteiger partial charge < -0.3 is 9.63 Å². The summed E-state index contributed by atoms with van der Waals surface area (Å²) in [6, 6.07) is 4.65. The molecule has 0 atom stereocenters. The summed E-state index contributed by atoms with van der Waals surface area (Å²) >= 11 is 0. The maximum absolute atomic E-state index is 13.3. The fraction of sp³-hybridized carbons (Fsp3) is 0.385. The van der Waals surface area contributed by atoms with Crippen LogP contribution in [0.2, 0.25) is 0 Å². The lowest BCUT2D eigenvalue weighted by Gasteiger charge is -2.27. The van der Waals surface area contributed by atoms with Crippen molar-refractivity contribution in [3.8, 4) is 11.4 Å². The molecule has 1 fully saturated rings. The Morgan fingerprint density at radius 2 is 2.11 bits per heavy atom. The Morgan fingerprint density at radius 3 is 2.78 bits per heavy atom. The van der Waals surface area contributed by atoms with E-state index < -0.39 is 0 Å². The second kappa shape index (κ2) is 4.17. The molecule has 1 heterocycles. The first-order chi connectivity index (χ1) is 8.61. The molecule has 1 N–H and O–H groups in total. The molecule has 0 bridgehead atoms. The van der Waals surface area contributed by atoms with Crippen LogP contribution in [0, 0.1) is 12.7 Å². The van der Waals surface area contributed by atoms with E-state index in [2.05, 4.69) is 10.1 Å². The summed E-state index contributed by atoms with van der Waals surface area (Å²) in [4.78, 5) is 4.26. The highest BCUT2D eigenvalue weighted by Crippen LogP contribution is 2.36. The molecule has 4 nitrogen and oxygen atoms in total. The van der Waals surface area contributed by atoms with E-state index in [0.717, 1.165) is 5.56 Å². The Hall–Kier alpha value is -1.75. The van der Waals surface area contributed by atoms with Crippen molar-refractivity contribution in [2.75, 3.05) is 0 Å². The zero-order valence-electron chi connectivity index (χ0n) is 9.93. The van der Waals surface area contributed by atoms with E-state index >= 15 is 0 Å². The molecule has 0 aliphatic heterocycles.